The summed E-state index contributed by atoms with van der Waals surface area (Å²) in [6.07, 6.45) is 2.70. The van der Waals surface area contributed by atoms with E-state index in [1.165, 1.54) is 0 Å². The molecule has 88 valence electrons. The molecule has 1 aliphatic heterocycles. The first-order valence-corrected chi connectivity index (χ1v) is 6.15. The molecule has 0 amide bonds. The molecule has 1 aromatic carbocycles. The van der Waals surface area contributed by atoms with E-state index < -0.39 is 5.67 Å². The van der Waals surface area contributed by atoms with Crippen LogP contribution in [-0.2, 0) is 5.67 Å². The quantitative estimate of drug-likeness (QED) is 0.852. The third-order valence-corrected chi connectivity index (χ3v) is 3.56. The molecule has 1 fully saturated rings. The molecular formula is C13H17ClFN. The second-order valence-corrected chi connectivity index (χ2v) is 5.08. The van der Waals surface area contributed by atoms with Gasteiger partial charge in [0, 0.05) is 23.0 Å². The predicted molar refractivity (Wildman–Crippen MR) is 65.6 cm³/mol. The van der Waals surface area contributed by atoms with Crippen molar-refractivity contribution in [3.63, 3.8) is 0 Å². The summed E-state index contributed by atoms with van der Waals surface area (Å²) in [5.74, 6) is 0. The molecule has 0 aliphatic carbocycles. The number of benzene rings is 1. The summed E-state index contributed by atoms with van der Waals surface area (Å²) in [5, 5.41) is 3.84. The number of hydrogen-bond donors (Lipinski definition) is 1. The summed E-state index contributed by atoms with van der Waals surface area (Å²) in [6, 6.07) is 7.47. The molecule has 2 rings (SSSR count). The molecule has 2 unspecified atom stereocenters. The van der Waals surface area contributed by atoms with Crippen molar-refractivity contribution in [2.45, 2.75) is 37.9 Å². The van der Waals surface area contributed by atoms with Gasteiger partial charge in [0.15, 0.2) is 0 Å². The minimum Gasteiger partial charge on any atom is -0.314 e. The van der Waals surface area contributed by atoms with Crippen molar-refractivity contribution in [1.82, 2.24) is 5.32 Å². The molecule has 2 atom stereocenters. The number of alkyl halides is 1. The van der Waals surface area contributed by atoms with Crippen molar-refractivity contribution in [3.05, 3.63) is 34.9 Å². The Kier molecular flexibility index (Phi) is 3.50. The number of halogens is 2. The van der Waals surface area contributed by atoms with Gasteiger partial charge in [0.05, 0.1) is 0 Å². The zero-order valence-electron chi connectivity index (χ0n) is 9.47. The standard InChI is InChI=1S/C13H17ClFN/c1-13(15,9-10-5-4-8-16-10)11-6-2-3-7-12(11)14/h2-3,6-7,10,16H,4-5,8-9H2,1H3. The molecular weight excluding hydrogens is 225 g/mol. The van der Waals surface area contributed by atoms with Gasteiger partial charge in [0.25, 0.3) is 0 Å². The normalized spacial score (nSPS) is 24.3. The van der Waals surface area contributed by atoms with Gasteiger partial charge >= 0.3 is 0 Å². The van der Waals surface area contributed by atoms with E-state index in [1.54, 1.807) is 19.1 Å². The first-order valence-electron chi connectivity index (χ1n) is 5.77. The van der Waals surface area contributed by atoms with Crippen LogP contribution < -0.4 is 5.32 Å². The maximum Gasteiger partial charge on any atom is 0.136 e. The monoisotopic (exact) mass is 241 g/mol. The molecule has 1 heterocycles. The highest BCUT2D eigenvalue weighted by molar-refractivity contribution is 6.31. The molecule has 0 radical (unpaired) electrons. The highest BCUT2D eigenvalue weighted by atomic mass is 35.5. The Balaban J connectivity index is 2.14. The third-order valence-electron chi connectivity index (χ3n) is 3.23. The van der Waals surface area contributed by atoms with Gasteiger partial charge in [-0.1, -0.05) is 29.8 Å². The molecule has 0 bridgehead atoms. The lowest BCUT2D eigenvalue weighted by molar-refractivity contribution is 0.159. The van der Waals surface area contributed by atoms with Crippen molar-refractivity contribution >= 4 is 11.6 Å². The lowest BCUT2D eigenvalue weighted by atomic mass is 9.90. The molecule has 1 nitrogen and oxygen atoms in total. The zero-order chi connectivity index (χ0) is 11.6. The van der Waals surface area contributed by atoms with Crippen LogP contribution in [-0.4, -0.2) is 12.6 Å². The van der Waals surface area contributed by atoms with Crippen molar-refractivity contribution in [2.24, 2.45) is 0 Å². The van der Waals surface area contributed by atoms with Crippen molar-refractivity contribution in [1.29, 1.82) is 0 Å². The lowest BCUT2D eigenvalue weighted by Gasteiger charge is -2.25. The van der Waals surface area contributed by atoms with Crippen LogP contribution >= 0.6 is 11.6 Å². The van der Waals surface area contributed by atoms with Gasteiger partial charge in [-0.2, -0.15) is 0 Å². The topological polar surface area (TPSA) is 12.0 Å². The second kappa shape index (κ2) is 4.72. The maximum absolute atomic E-state index is 14.6. The fourth-order valence-electron chi connectivity index (χ4n) is 2.39. The first-order chi connectivity index (χ1) is 7.59. The number of nitrogens with one attached hydrogen (secondary N) is 1. The van der Waals surface area contributed by atoms with E-state index in [0.717, 1.165) is 19.4 Å². The van der Waals surface area contributed by atoms with Gasteiger partial charge in [-0.3, -0.25) is 0 Å². The van der Waals surface area contributed by atoms with Crippen LogP contribution in [0, 0.1) is 0 Å². The average Bonchev–Trinajstić information content (AvgIpc) is 2.70. The summed E-state index contributed by atoms with van der Waals surface area (Å²) < 4.78 is 14.6. The van der Waals surface area contributed by atoms with Crippen molar-refractivity contribution in [2.75, 3.05) is 6.54 Å². The van der Waals surface area contributed by atoms with Crippen LogP contribution in [0.4, 0.5) is 4.39 Å². The fourth-order valence-corrected chi connectivity index (χ4v) is 2.72. The van der Waals surface area contributed by atoms with Gasteiger partial charge in [-0.15, -0.1) is 0 Å². The first kappa shape index (κ1) is 11.9. The van der Waals surface area contributed by atoms with Crippen LogP contribution in [0.1, 0.15) is 31.7 Å². The predicted octanol–water partition coefficient (Wildman–Crippen LogP) is 3.67. The molecule has 1 aliphatic rings. The minimum absolute atomic E-state index is 0.284. The van der Waals surface area contributed by atoms with E-state index in [9.17, 15) is 4.39 Å². The molecule has 1 N–H and O–H groups in total. The Hall–Kier alpha value is -0.600. The zero-order valence-corrected chi connectivity index (χ0v) is 10.2. The van der Waals surface area contributed by atoms with Crippen molar-refractivity contribution < 1.29 is 4.39 Å². The second-order valence-electron chi connectivity index (χ2n) is 4.67. The van der Waals surface area contributed by atoms with Crippen LogP contribution in [0.5, 0.6) is 0 Å². The largest absolute Gasteiger partial charge is 0.314 e. The smallest absolute Gasteiger partial charge is 0.136 e. The SMILES string of the molecule is CC(F)(CC1CCCN1)c1ccccc1Cl. The molecule has 16 heavy (non-hydrogen) atoms. The lowest BCUT2D eigenvalue weighted by Crippen LogP contribution is -2.30. The highest BCUT2D eigenvalue weighted by Crippen LogP contribution is 2.36. The van der Waals surface area contributed by atoms with E-state index in [2.05, 4.69) is 5.32 Å². The summed E-state index contributed by atoms with van der Waals surface area (Å²) in [5.41, 5.74) is -0.745. The Bertz CT molecular complexity index is 359. The van der Waals surface area contributed by atoms with Crippen LogP contribution in [0.25, 0.3) is 0 Å². The third kappa shape index (κ3) is 2.55. The molecule has 1 saturated heterocycles. The van der Waals surface area contributed by atoms with E-state index in [-0.39, 0.29) is 6.04 Å². The average molecular weight is 242 g/mol. The Morgan fingerprint density at radius 2 is 2.25 bits per heavy atom. The molecule has 3 heteroatoms. The molecule has 0 spiro atoms. The van der Waals surface area contributed by atoms with E-state index in [0.29, 0.717) is 17.0 Å². The van der Waals surface area contributed by atoms with Gasteiger partial charge in [-0.05, 0) is 32.4 Å². The van der Waals surface area contributed by atoms with E-state index in [1.807, 2.05) is 12.1 Å². The molecule has 0 saturated carbocycles. The summed E-state index contributed by atoms with van der Waals surface area (Å²) >= 11 is 6.03. The van der Waals surface area contributed by atoms with Crippen LogP contribution in [0.3, 0.4) is 0 Å². The summed E-state index contributed by atoms with van der Waals surface area (Å²) in [6.45, 7) is 2.62. The Labute approximate surface area is 101 Å². The summed E-state index contributed by atoms with van der Waals surface area (Å²) in [4.78, 5) is 0. The number of hydrogen-bond acceptors (Lipinski definition) is 1. The Morgan fingerprint density at radius 1 is 1.50 bits per heavy atom. The maximum atomic E-state index is 14.6. The van der Waals surface area contributed by atoms with E-state index >= 15 is 0 Å². The molecule has 0 aromatic heterocycles. The van der Waals surface area contributed by atoms with Gasteiger partial charge in [0.1, 0.15) is 5.67 Å². The minimum atomic E-state index is -1.35. The van der Waals surface area contributed by atoms with Gasteiger partial charge < -0.3 is 5.32 Å². The highest BCUT2D eigenvalue weighted by Gasteiger charge is 2.32. The van der Waals surface area contributed by atoms with E-state index in [4.69, 9.17) is 11.6 Å². The number of rotatable bonds is 3. The van der Waals surface area contributed by atoms with Gasteiger partial charge in [-0.25, -0.2) is 4.39 Å². The molecule has 1 aromatic rings. The van der Waals surface area contributed by atoms with Crippen molar-refractivity contribution in [3.8, 4) is 0 Å². The van der Waals surface area contributed by atoms with Crippen LogP contribution in [0.15, 0.2) is 24.3 Å². The fraction of sp³-hybridized carbons (Fsp3) is 0.538. The van der Waals surface area contributed by atoms with Crippen LogP contribution in [0.2, 0.25) is 5.02 Å². The summed E-state index contributed by atoms with van der Waals surface area (Å²) in [7, 11) is 0. The van der Waals surface area contributed by atoms with Gasteiger partial charge in [0.2, 0.25) is 0 Å². The Morgan fingerprint density at radius 3 is 2.88 bits per heavy atom.